The van der Waals surface area contributed by atoms with Crippen molar-refractivity contribution in [2.45, 2.75) is 43.3 Å². The fourth-order valence-electron chi connectivity index (χ4n) is 3.56. The molecule has 2 fully saturated rings. The van der Waals surface area contributed by atoms with E-state index >= 15 is 0 Å². The topological polar surface area (TPSA) is 124 Å². The highest BCUT2D eigenvalue weighted by Gasteiger charge is 2.60. The van der Waals surface area contributed by atoms with Crippen LogP contribution in [0.25, 0.3) is 11.4 Å². The SMILES string of the molecule is O=C(Nc1cccc(-c2nn[nH]n2)c1)C1CC(O)(C2(O)CCC2)C1. The Labute approximate surface area is 138 Å². The number of rotatable bonds is 4. The molecule has 0 unspecified atom stereocenters. The van der Waals surface area contributed by atoms with Crippen molar-refractivity contribution in [1.82, 2.24) is 20.6 Å². The van der Waals surface area contributed by atoms with Crippen molar-refractivity contribution in [3.8, 4) is 11.4 Å². The molecule has 1 amide bonds. The number of aromatic nitrogens is 4. The molecule has 24 heavy (non-hydrogen) atoms. The van der Waals surface area contributed by atoms with Gasteiger partial charge in [-0.2, -0.15) is 5.21 Å². The maximum absolute atomic E-state index is 12.4. The lowest BCUT2D eigenvalue weighted by Gasteiger charge is -2.56. The molecule has 4 N–H and O–H groups in total. The number of hydrogen-bond donors (Lipinski definition) is 4. The van der Waals surface area contributed by atoms with Crippen LogP contribution in [0.3, 0.4) is 0 Å². The van der Waals surface area contributed by atoms with Crippen LogP contribution in [-0.2, 0) is 4.79 Å². The molecule has 0 atom stereocenters. The van der Waals surface area contributed by atoms with Crippen LogP contribution in [0.15, 0.2) is 24.3 Å². The van der Waals surface area contributed by atoms with Gasteiger partial charge in [0, 0.05) is 17.2 Å². The van der Waals surface area contributed by atoms with E-state index in [0.29, 0.717) is 37.2 Å². The minimum absolute atomic E-state index is 0.145. The Morgan fingerprint density at radius 2 is 2.04 bits per heavy atom. The summed E-state index contributed by atoms with van der Waals surface area (Å²) < 4.78 is 0. The number of tetrazole rings is 1. The first kappa shape index (κ1) is 15.2. The zero-order valence-electron chi connectivity index (χ0n) is 13.1. The predicted octanol–water partition coefficient (Wildman–Crippen LogP) is 0.861. The van der Waals surface area contributed by atoms with Crippen LogP contribution in [-0.4, -0.2) is 47.9 Å². The van der Waals surface area contributed by atoms with Crippen LogP contribution >= 0.6 is 0 Å². The normalized spacial score (nSPS) is 27.8. The zero-order chi connectivity index (χ0) is 16.8. The van der Waals surface area contributed by atoms with Crippen LogP contribution in [0.4, 0.5) is 5.69 Å². The molecular weight excluding hydrogens is 310 g/mol. The van der Waals surface area contributed by atoms with Gasteiger partial charge in [0.25, 0.3) is 0 Å². The van der Waals surface area contributed by atoms with E-state index in [0.717, 1.165) is 12.0 Å². The van der Waals surface area contributed by atoms with E-state index in [4.69, 9.17) is 0 Å². The van der Waals surface area contributed by atoms with Gasteiger partial charge < -0.3 is 15.5 Å². The van der Waals surface area contributed by atoms with Gasteiger partial charge in [0.1, 0.15) is 0 Å². The van der Waals surface area contributed by atoms with E-state index in [1.54, 1.807) is 18.2 Å². The first-order valence-corrected chi connectivity index (χ1v) is 8.09. The van der Waals surface area contributed by atoms with E-state index in [1.807, 2.05) is 6.07 Å². The average Bonchev–Trinajstić information content (AvgIpc) is 3.04. The lowest BCUT2D eigenvalue weighted by Crippen LogP contribution is -2.66. The fourth-order valence-corrected chi connectivity index (χ4v) is 3.56. The van der Waals surface area contributed by atoms with Crippen LogP contribution in [0.1, 0.15) is 32.1 Å². The second kappa shape index (κ2) is 5.35. The van der Waals surface area contributed by atoms with Gasteiger partial charge >= 0.3 is 0 Å². The molecular formula is C16H19N5O3. The van der Waals surface area contributed by atoms with Crippen molar-refractivity contribution in [2.75, 3.05) is 5.32 Å². The number of amides is 1. The third-order valence-electron chi connectivity index (χ3n) is 5.32. The van der Waals surface area contributed by atoms with Gasteiger partial charge in [0.05, 0.1) is 11.2 Å². The molecule has 4 rings (SSSR count). The number of hydrogen-bond acceptors (Lipinski definition) is 6. The maximum Gasteiger partial charge on any atom is 0.227 e. The Morgan fingerprint density at radius 3 is 2.67 bits per heavy atom. The van der Waals surface area contributed by atoms with E-state index in [1.165, 1.54) is 0 Å². The number of aromatic amines is 1. The summed E-state index contributed by atoms with van der Waals surface area (Å²) in [5.74, 6) is 0.0256. The van der Waals surface area contributed by atoms with Gasteiger partial charge in [-0.25, -0.2) is 0 Å². The van der Waals surface area contributed by atoms with Crippen molar-refractivity contribution in [3.05, 3.63) is 24.3 Å². The molecule has 1 aromatic heterocycles. The summed E-state index contributed by atoms with van der Waals surface area (Å²) in [5, 5.41) is 37.4. The minimum atomic E-state index is -1.11. The summed E-state index contributed by atoms with van der Waals surface area (Å²) in [6, 6.07) is 7.18. The van der Waals surface area contributed by atoms with Crippen LogP contribution in [0, 0.1) is 5.92 Å². The van der Waals surface area contributed by atoms with E-state index in [2.05, 4.69) is 25.9 Å². The quantitative estimate of drug-likeness (QED) is 0.659. The summed E-state index contributed by atoms with van der Waals surface area (Å²) in [4.78, 5) is 12.4. The molecule has 2 aliphatic carbocycles. The van der Waals surface area contributed by atoms with Crippen LogP contribution in [0.2, 0.25) is 0 Å². The second-order valence-electron chi connectivity index (χ2n) is 6.83. The van der Waals surface area contributed by atoms with Gasteiger partial charge in [-0.05, 0) is 49.5 Å². The van der Waals surface area contributed by atoms with Gasteiger partial charge in [-0.1, -0.05) is 12.1 Å². The van der Waals surface area contributed by atoms with Crippen LogP contribution < -0.4 is 5.32 Å². The van der Waals surface area contributed by atoms with E-state index in [9.17, 15) is 15.0 Å². The lowest BCUT2D eigenvalue weighted by molar-refractivity contribution is -0.238. The smallest absolute Gasteiger partial charge is 0.227 e. The molecule has 2 saturated carbocycles. The first-order valence-electron chi connectivity index (χ1n) is 8.09. The van der Waals surface area contributed by atoms with E-state index < -0.39 is 11.2 Å². The highest BCUT2D eigenvalue weighted by atomic mass is 16.4. The molecule has 2 aliphatic rings. The molecule has 126 valence electrons. The molecule has 0 spiro atoms. The zero-order valence-corrected chi connectivity index (χ0v) is 13.1. The number of benzene rings is 1. The van der Waals surface area contributed by atoms with Crippen molar-refractivity contribution < 1.29 is 15.0 Å². The molecule has 0 radical (unpaired) electrons. The van der Waals surface area contributed by atoms with Crippen molar-refractivity contribution >= 4 is 11.6 Å². The predicted molar refractivity (Wildman–Crippen MR) is 84.7 cm³/mol. The van der Waals surface area contributed by atoms with Gasteiger partial charge in [-0.15, -0.1) is 10.2 Å². The summed E-state index contributed by atoms with van der Waals surface area (Å²) in [6.45, 7) is 0. The summed E-state index contributed by atoms with van der Waals surface area (Å²) in [5.41, 5.74) is -0.724. The Kier molecular flexibility index (Phi) is 3.40. The van der Waals surface area contributed by atoms with Crippen molar-refractivity contribution in [1.29, 1.82) is 0 Å². The van der Waals surface area contributed by atoms with Crippen molar-refractivity contribution in [3.63, 3.8) is 0 Å². The summed E-state index contributed by atoms with van der Waals surface area (Å²) in [6.07, 6.45) is 2.77. The van der Waals surface area contributed by atoms with E-state index in [-0.39, 0.29) is 11.8 Å². The standard InChI is InChI=1S/C16H19N5O3/c22-14(11-8-16(24,9-11)15(23)5-2-6-15)17-12-4-1-3-10(7-12)13-18-20-21-19-13/h1,3-4,7,11,23-24H,2,5-6,8-9H2,(H,17,22)(H,18,19,20,21). The molecule has 2 aromatic rings. The monoisotopic (exact) mass is 329 g/mol. The summed E-state index contributed by atoms with van der Waals surface area (Å²) in [7, 11) is 0. The third kappa shape index (κ3) is 2.38. The molecule has 1 aromatic carbocycles. The molecule has 1 heterocycles. The number of anilines is 1. The van der Waals surface area contributed by atoms with Gasteiger partial charge in [-0.3, -0.25) is 4.79 Å². The number of aliphatic hydroxyl groups is 2. The number of nitrogens with one attached hydrogen (secondary N) is 2. The molecule has 0 bridgehead atoms. The van der Waals surface area contributed by atoms with Crippen molar-refractivity contribution in [2.24, 2.45) is 5.92 Å². The fraction of sp³-hybridized carbons (Fsp3) is 0.500. The highest BCUT2D eigenvalue weighted by Crippen LogP contribution is 2.53. The second-order valence-corrected chi connectivity index (χ2v) is 6.83. The number of H-pyrrole nitrogens is 1. The Hall–Kier alpha value is -2.32. The number of carbonyl (C=O) groups is 1. The maximum atomic E-state index is 12.4. The Bertz CT molecular complexity index is 751. The molecule has 0 saturated heterocycles. The molecule has 8 nitrogen and oxygen atoms in total. The Morgan fingerprint density at radius 1 is 1.25 bits per heavy atom. The van der Waals surface area contributed by atoms with Gasteiger partial charge in [0.2, 0.25) is 11.7 Å². The van der Waals surface area contributed by atoms with Gasteiger partial charge in [0.15, 0.2) is 0 Å². The average molecular weight is 329 g/mol. The molecule has 0 aliphatic heterocycles. The Balaban J connectivity index is 1.40. The van der Waals surface area contributed by atoms with Crippen LogP contribution in [0.5, 0.6) is 0 Å². The first-order chi connectivity index (χ1) is 11.5. The number of nitrogens with zero attached hydrogens (tertiary/aromatic N) is 3. The minimum Gasteiger partial charge on any atom is -0.387 e. The third-order valence-corrected chi connectivity index (χ3v) is 5.32. The highest BCUT2D eigenvalue weighted by molar-refractivity contribution is 5.94. The lowest BCUT2D eigenvalue weighted by atomic mass is 9.56. The summed E-state index contributed by atoms with van der Waals surface area (Å²) >= 11 is 0. The largest absolute Gasteiger partial charge is 0.387 e. The molecule has 8 heteroatoms. The number of carbonyl (C=O) groups excluding carboxylic acids is 1.